The van der Waals surface area contributed by atoms with Crippen LogP contribution >= 0.6 is 0 Å². The number of allylic oxidation sites excluding steroid dienone is 1. The van der Waals surface area contributed by atoms with Crippen LogP contribution in [0.4, 0.5) is 0 Å². The van der Waals surface area contributed by atoms with Gasteiger partial charge in [0.1, 0.15) is 0 Å². The molecule has 0 bridgehead atoms. The van der Waals surface area contributed by atoms with Gasteiger partial charge < -0.3 is 4.98 Å². The second kappa shape index (κ2) is 11.7. The fourth-order valence-corrected chi connectivity index (χ4v) is 1.47. The van der Waals surface area contributed by atoms with Crippen molar-refractivity contribution in [3.63, 3.8) is 0 Å². The third kappa shape index (κ3) is 4.62. The number of H-pyrrole nitrogens is 1. The summed E-state index contributed by atoms with van der Waals surface area (Å²) in [5.74, 6) is 0. The smallest absolute Gasteiger partial charge is 0.0461 e. The van der Waals surface area contributed by atoms with E-state index in [-0.39, 0.29) is 0 Å². The number of rotatable bonds is 4. The maximum Gasteiger partial charge on any atom is 0.0461 e. The van der Waals surface area contributed by atoms with Gasteiger partial charge >= 0.3 is 0 Å². The minimum absolute atomic E-state index is 0.989. The number of nitrogens with one attached hydrogen (secondary N) is 1. The van der Waals surface area contributed by atoms with E-state index in [9.17, 15) is 0 Å². The molecule has 0 spiro atoms. The summed E-state index contributed by atoms with van der Waals surface area (Å²) >= 11 is 0. The molecule has 0 aliphatic heterocycles. The average molecular weight is 245 g/mol. The molecule has 0 saturated carbocycles. The Labute approximate surface area is 113 Å². The number of aromatic nitrogens is 1. The van der Waals surface area contributed by atoms with Crippen molar-refractivity contribution in [1.82, 2.24) is 4.98 Å². The van der Waals surface area contributed by atoms with Crippen LogP contribution in [0.1, 0.15) is 57.1 Å². The molecule has 1 nitrogen and oxygen atoms in total. The largest absolute Gasteiger partial charge is 0.355 e. The van der Waals surface area contributed by atoms with Crippen LogP contribution in [-0.4, -0.2) is 4.98 Å². The predicted octanol–water partition coefficient (Wildman–Crippen LogP) is 6.03. The van der Waals surface area contributed by atoms with Crippen molar-refractivity contribution in [3.8, 4) is 0 Å². The first-order valence-electron chi connectivity index (χ1n) is 6.54. The van der Waals surface area contributed by atoms with E-state index in [1.807, 2.05) is 58.9 Å². The molecule has 0 amide bonds. The summed E-state index contributed by atoms with van der Waals surface area (Å²) in [5, 5.41) is 0. The van der Waals surface area contributed by atoms with Crippen molar-refractivity contribution in [2.45, 2.75) is 34.6 Å². The molecule has 1 aromatic heterocycles. The average Bonchev–Trinajstić information content (AvgIpc) is 2.80. The predicted molar refractivity (Wildman–Crippen MR) is 88.5 cm³/mol. The van der Waals surface area contributed by atoms with Crippen LogP contribution in [-0.2, 0) is 0 Å². The van der Waals surface area contributed by atoms with Crippen molar-refractivity contribution in [2.75, 3.05) is 0 Å². The van der Waals surface area contributed by atoms with Crippen LogP contribution in [0.15, 0.2) is 25.8 Å². The lowest BCUT2D eigenvalue weighted by molar-refractivity contribution is 1.34. The molecule has 1 heteroatoms. The second-order valence-corrected chi connectivity index (χ2v) is 2.89. The molecule has 18 heavy (non-hydrogen) atoms. The topological polar surface area (TPSA) is 15.8 Å². The summed E-state index contributed by atoms with van der Waals surface area (Å²) in [6.07, 6.45) is 9.43. The Kier molecular flexibility index (Phi) is 12.1. The van der Waals surface area contributed by atoms with Crippen LogP contribution < -0.4 is 0 Å². The van der Waals surface area contributed by atoms with Crippen LogP contribution in [0.2, 0.25) is 0 Å². The third-order valence-corrected chi connectivity index (χ3v) is 2.09. The molecular formula is C17H27N. The molecule has 100 valence electrons. The molecule has 0 atom stereocenters. The van der Waals surface area contributed by atoms with Crippen LogP contribution in [0, 0.1) is 0 Å². The minimum atomic E-state index is 0.989. The van der Waals surface area contributed by atoms with Crippen LogP contribution in [0.5, 0.6) is 0 Å². The Morgan fingerprint density at radius 3 is 1.56 bits per heavy atom. The van der Waals surface area contributed by atoms with E-state index < -0.39 is 0 Å². The van der Waals surface area contributed by atoms with Crippen molar-refractivity contribution in [2.24, 2.45) is 0 Å². The molecule has 0 fully saturated rings. The number of aromatic amines is 1. The second-order valence-electron chi connectivity index (χ2n) is 2.89. The highest BCUT2D eigenvalue weighted by atomic mass is 14.7. The van der Waals surface area contributed by atoms with Gasteiger partial charge in [0.2, 0.25) is 0 Å². The Morgan fingerprint density at radius 1 is 0.778 bits per heavy atom. The van der Waals surface area contributed by atoms with Crippen molar-refractivity contribution >= 4 is 24.3 Å². The maximum atomic E-state index is 3.79. The highest BCUT2D eigenvalue weighted by molar-refractivity contribution is 5.77. The SMILES string of the molecule is C=Cc1[nH]c(/C=C\C)c(C=C)c1C=C.CC.CC. The fourth-order valence-electron chi connectivity index (χ4n) is 1.47. The molecule has 0 aliphatic rings. The van der Waals surface area contributed by atoms with Gasteiger partial charge in [0.15, 0.2) is 0 Å². The zero-order valence-corrected chi connectivity index (χ0v) is 12.5. The highest BCUT2D eigenvalue weighted by Gasteiger charge is 2.07. The van der Waals surface area contributed by atoms with E-state index in [1.54, 1.807) is 6.08 Å². The zero-order valence-electron chi connectivity index (χ0n) is 12.5. The zero-order chi connectivity index (χ0) is 14.6. The fraction of sp³-hybridized carbons (Fsp3) is 0.294. The van der Waals surface area contributed by atoms with Gasteiger partial charge in [-0.15, -0.1) is 0 Å². The lowest BCUT2D eigenvalue weighted by Crippen LogP contribution is -1.76. The summed E-state index contributed by atoms with van der Waals surface area (Å²) < 4.78 is 0. The van der Waals surface area contributed by atoms with Crippen LogP contribution in [0.3, 0.4) is 0 Å². The molecular weight excluding hydrogens is 218 g/mol. The molecule has 0 aromatic carbocycles. The Balaban J connectivity index is 0. The lowest BCUT2D eigenvalue weighted by Gasteiger charge is -1.93. The summed E-state index contributed by atoms with van der Waals surface area (Å²) in [7, 11) is 0. The summed E-state index contributed by atoms with van der Waals surface area (Å²) in [4.78, 5) is 3.26. The highest BCUT2D eigenvalue weighted by Crippen LogP contribution is 2.23. The van der Waals surface area contributed by atoms with Gasteiger partial charge in [-0.05, 0) is 19.1 Å². The molecule has 0 unspecified atom stereocenters. The Bertz CT molecular complexity index is 392. The van der Waals surface area contributed by atoms with E-state index in [0.717, 1.165) is 22.5 Å². The van der Waals surface area contributed by atoms with Gasteiger partial charge in [0.25, 0.3) is 0 Å². The van der Waals surface area contributed by atoms with Gasteiger partial charge in [-0.3, -0.25) is 0 Å². The number of hydrogen-bond acceptors (Lipinski definition) is 0. The summed E-state index contributed by atoms with van der Waals surface area (Å²) in [5.41, 5.74) is 4.17. The van der Waals surface area contributed by atoms with Crippen LogP contribution in [0.25, 0.3) is 24.3 Å². The first-order chi connectivity index (χ1) is 8.78. The van der Waals surface area contributed by atoms with E-state index in [2.05, 4.69) is 24.7 Å². The maximum absolute atomic E-state index is 3.79. The third-order valence-electron chi connectivity index (χ3n) is 2.09. The Morgan fingerprint density at radius 2 is 1.22 bits per heavy atom. The molecule has 0 saturated heterocycles. The van der Waals surface area contributed by atoms with Gasteiger partial charge in [0, 0.05) is 22.5 Å². The monoisotopic (exact) mass is 245 g/mol. The number of hydrogen-bond donors (Lipinski definition) is 1. The first-order valence-corrected chi connectivity index (χ1v) is 6.54. The molecule has 0 radical (unpaired) electrons. The van der Waals surface area contributed by atoms with E-state index >= 15 is 0 Å². The molecule has 1 heterocycles. The quantitative estimate of drug-likeness (QED) is 0.666. The lowest BCUT2D eigenvalue weighted by atomic mass is 10.1. The van der Waals surface area contributed by atoms with Crippen molar-refractivity contribution < 1.29 is 0 Å². The van der Waals surface area contributed by atoms with Gasteiger partial charge in [-0.1, -0.05) is 65.7 Å². The summed E-state index contributed by atoms with van der Waals surface area (Å²) in [6, 6.07) is 0. The summed E-state index contributed by atoms with van der Waals surface area (Å²) in [6.45, 7) is 21.3. The standard InChI is InChI=1S/C13H15N.2C2H6/c1-5-9-13-11(7-3)10(6-2)12(8-4)14-13;2*1-2/h5-9,14H,2-4H2,1H3;2*1-2H3/b9-5-;;. The van der Waals surface area contributed by atoms with Crippen molar-refractivity contribution in [1.29, 1.82) is 0 Å². The van der Waals surface area contributed by atoms with E-state index in [4.69, 9.17) is 0 Å². The van der Waals surface area contributed by atoms with E-state index in [0.29, 0.717) is 0 Å². The van der Waals surface area contributed by atoms with E-state index in [1.165, 1.54) is 0 Å². The molecule has 1 N–H and O–H groups in total. The first kappa shape index (κ1) is 18.6. The Hall–Kier alpha value is -1.76. The minimum Gasteiger partial charge on any atom is -0.355 e. The van der Waals surface area contributed by atoms with Gasteiger partial charge in [0.05, 0.1) is 0 Å². The van der Waals surface area contributed by atoms with Gasteiger partial charge in [-0.2, -0.15) is 0 Å². The molecule has 1 aromatic rings. The normalized spacial score (nSPS) is 8.72. The van der Waals surface area contributed by atoms with Crippen molar-refractivity contribution in [3.05, 3.63) is 48.3 Å². The van der Waals surface area contributed by atoms with Gasteiger partial charge in [-0.25, -0.2) is 0 Å². The molecule has 0 aliphatic carbocycles. The molecule has 1 rings (SSSR count).